The second kappa shape index (κ2) is 5.33. The summed E-state index contributed by atoms with van der Waals surface area (Å²) in [7, 11) is 0. The molecule has 0 saturated heterocycles. The first-order valence-corrected chi connectivity index (χ1v) is 7.49. The number of rotatable bonds is 2. The van der Waals surface area contributed by atoms with Gasteiger partial charge in [0.15, 0.2) is 0 Å². The van der Waals surface area contributed by atoms with Crippen molar-refractivity contribution in [2.45, 2.75) is 36.7 Å². The van der Waals surface area contributed by atoms with Crippen LogP contribution in [0.3, 0.4) is 0 Å². The Kier molecular flexibility index (Phi) is 3.57. The molecular weight excluding hydrogens is 238 g/mol. The fraction of sp³-hybridized carbons (Fsp3) is 0.375. The molecule has 2 heteroatoms. The van der Waals surface area contributed by atoms with Gasteiger partial charge in [-0.05, 0) is 36.8 Å². The third kappa shape index (κ3) is 2.55. The molecule has 0 aliphatic carbocycles. The highest BCUT2D eigenvalue weighted by molar-refractivity contribution is 8.03. The minimum Gasteiger partial charge on any atom is -0.290 e. The summed E-state index contributed by atoms with van der Waals surface area (Å²) in [5.74, 6) is 0. The van der Waals surface area contributed by atoms with E-state index in [0.29, 0.717) is 12.1 Å². The topological polar surface area (TPSA) is 3.24 Å². The molecule has 0 radical (unpaired) electrons. The van der Waals surface area contributed by atoms with Crippen LogP contribution in [0.4, 0.5) is 0 Å². The molecule has 3 rings (SSSR count). The lowest BCUT2D eigenvalue weighted by Gasteiger charge is -2.40. The standard InChI is InChI=1S/C16H19NS/c1-13-11-16(18-15-8-3-2-4-9-15)12-14-7-5-6-10-17(13)14/h2-6,8-9,11,13-14H,7,10,12H2,1H3/t13-,14+/m0/s1. The lowest BCUT2D eigenvalue weighted by atomic mass is 9.97. The van der Waals surface area contributed by atoms with E-state index in [1.807, 2.05) is 11.8 Å². The Bertz CT molecular complexity index is 463. The predicted molar refractivity (Wildman–Crippen MR) is 78.7 cm³/mol. The molecule has 0 saturated carbocycles. The summed E-state index contributed by atoms with van der Waals surface area (Å²) in [5.41, 5.74) is 0. The van der Waals surface area contributed by atoms with Gasteiger partial charge in [0.1, 0.15) is 0 Å². The number of fused-ring (bicyclic) bond motifs is 1. The van der Waals surface area contributed by atoms with Gasteiger partial charge in [0.2, 0.25) is 0 Å². The molecular formula is C16H19NS. The Morgan fingerprint density at radius 3 is 2.83 bits per heavy atom. The molecule has 94 valence electrons. The van der Waals surface area contributed by atoms with Gasteiger partial charge in [-0.25, -0.2) is 0 Å². The maximum atomic E-state index is 2.61. The molecule has 0 fully saturated rings. The van der Waals surface area contributed by atoms with Gasteiger partial charge in [-0.1, -0.05) is 48.2 Å². The maximum absolute atomic E-state index is 2.61. The Balaban J connectivity index is 1.74. The van der Waals surface area contributed by atoms with E-state index in [4.69, 9.17) is 0 Å². The van der Waals surface area contributed by atoms with Crippen LogP contribution in [-0.2, 0) is 0 Å². The van der Waals surface area contributed by atoms with Crippen LogP contribution in [0.25, 0.3) is 0 Å². The molecule has 1 aromatic rings. The lowest BCUT2D eigenvalue weighted by Crippen LogP contribution is -2.45. The van der Waals surface area contributed by atoms with Crippen LogP contribution in [0.2, 0.25) is 0 Å². The Labute approximate surface area is 114 Å². The third-order valence-electron chi connectivity index (χ3n) is 3.74. The summed E-state index contributed by atoms with van der Waals surface area (Å²) in [6, 6.07) is 12.0. The van der Waals surface area contributed by atoms with Crippen molar-refractivity contribution in [1.82, 2.24) is 4.90 Å². The number of benzene rings is 1. The SMILES string of the molecule is C[C@H]1C=C(Sc2ccccc2)C[C@H]2CC=CCN21. The maximum Gasteiger partial charge on any atom is 0.0267 e. The molecule has 1 nitrogen and oxygen atoms in total. The molecule has 0 bridgehead atoms. The fourth-order valence-corrected chi connectivity index (χ4v) is 3.95. The number of hydrogen-bond acceptors (Lipinski definition) is 2. The van der Waals surface area contributed by atoms with Crippen LogP contribution in [0, 0.1) is 0 Å². The molecule has 18 heavy (non-hydrogen) atoms. The highest BCUT2D eigenvalue weighted by atomic mass is 32.2. The smallest absolute Gasteiger partial charge is 0.0267 e. The van der Waals surface area contributed by atoms with E-state index in [-0.39, 0.29) is 0 Å². The van der Waals surface area contributed by atoms with Crippen molar-refractivity contribution in [3.63, 3.8) is 0 Å². The minimum atomic E-state index is 0.569. The van der Waals surface area contributed by atoms with Crippen LogP contribution in [0.15, 0.2) is 58.4 Å². The van der Waals surface area contributed by atoms with E-state index in [0.717, 1.165) is 6.54 Å². The van der Waals surface area contributed by atoms with E-state index in [2.05, 4.69) is 60.4 Å². The van der Waals surface area contributed by atoms with E-state index < -0.39 is 0 Å². The highest BCUT2D eigenvalue weighted by Gasteiger charge is 2.28. The van der Waals surface area contributed by atoms with Gasteiger partial charge < -0.3 is 0 Å². The Hall–Kier alpha value is -0.990. The van der Waals surface area contributed by atoms with E-state index in [9.17, 15) is 0 Å². The molecule has 1 aromatic carbocycles. The quantitative estimate of drug-likeness (QED) is 0.734. The molecule has 2 heterocycles. The summed E-state index contributed by atoms with van der Waals surface area (Å²) < 4.78 is 0. The van der Waals surface area contributed by atoms with Gasteiger partial charge in [-0.3, -0.25) is 4.90 Å². The van der Waals surface area contributed by atoms with E-state index in [1.165, 1.54) is 22.6 Å². The van der Waals surface area contributed by atoms with Gasteiger partial charge in [-0.15, -0.1) is 0 Å². The van der Waals surface area contributed by atoms with Crippen LogP contribution < -0.4 is 0 Å². The van der Waals surface area contributed by atoms with Crippen molar-refractivity contribution < 1.29 is 0 Å². The zero-order valence-electron chi connectivity index (χ0n) is 10.8. The second-order valence-corrected chi connectivity index (χ2v) is 6.25. The zero-order chi connectivity index (χ0) is 12.4. The van der Waals surface area contributed by atoms with Crippen molar-refractivity contribution >= 4 is 11.8 Å². The summed E-state index contributed by atoms with van der Waals surface area (Å²) in [6.07, 6.45) is 9.48. The van der Waals surface area contributed by atoms with Crippen molar-refractivity contribution in [1.29, 1.82) is 0 Å². The Morgan fingerprint density at radius 2 is 2.00 bits per heavy atom. The average Bonchev–Trinajstić information content (AvgIpc) is 2.40. The van der Waals surface area contributed by atoms with Gasteiger partial charge in [0.25, 0.3) is 0 Å². The van der Waals surface area contributed by atoms with Gasteiger partial charge in [0.05, 0.1) is 0 Å². The number of nitrogens with zero attached hydrogens (tertiary/aromatic N) is 1. The number of thioether (sulfide) groups is 1. The summed E-state index contributed by atoms with van der Waals surface area (Å²) in [6.45, 7) is 3.43. The van der Waals surface area contributed by atoms with Gasteiger partial charge >= 0.3 is 0 Å². The lowest BCUT2D eigenvalue weighted by molar-refractivity contribution is 0.169. The molecule has 0 N–H and O–H groups in total. The Morgan fingerprint density at radius 1 is 1.17 bits per heavy atom. The fourth-order valence-electron chi connectivity index (χ4n) is 2.81. The molecule has 2 aliphatic heterocycles. The monoisotopic (exact) mass is 257 g/mol. The first-order chi connectivity index (χ1) is 8.83. The second-order valence-electron chi connectivity index (χ2n) is 5.05. The van der Waals surface area contributed by atoms with Crippen molar-refractivity contribution in [2.75, 3.05) is 6.54 Å². The molecule has 2 atom stereocenters. The summed E-state index contributed by atoms with van der Waals surface area (Å²) >= 11 is 1.93. The first kappa shape index (κ1) is 12.1. The van der Waals surface area contributed by atoms with Crippen molar-refractivity contribution in [3.05, 3.63) is 53.5 Å². The third-order valence-corrected chi connectivity index (χ3v) is 4.81. The summed E-state index contributed by atoms with van der Waals surface area (Å²) in [4.78, 5) is 5.50. The van der Waals surface area contributed by atoms with Crippen LogP contribution in [0.5, 0.6) is 0 Å². The minimum absolute atomic E-state index is 0.569. The molecule has 2 aliphatic rings. The van der Waals surface area contributed by atoms with Crippen LogP contribution >= 0.6 is 11.8 Å². The van der Waals surface area contributed by atoms with Crippen molar-refractivity contribution in [3.8, 4) is 0 Å². The molecule has 0 spiro atoms. The normalized spacial score (nSPS) is 27.7. The highest BCUT2D eigenvalue weighted by Crippen LogP contribution is 2.36. The predicted octanol–water partition coefficient (Wildman–Crippen LogP) is 4.09. The number of hydrogen-bond donors (Lipinski definition) is 0. The van der Waals surface area contributed by atoms with E-state index >= 15 is 0 Å². The van der Waals surface area contributed by atoms with Crippen LogP contribution in [0.1, 0.15) is 19.8 Å². The van der Waals surface area contributed by atoms with Gasteiger partial charge in [-0.2, -0.15) is 0 Å². The average molecular weight is 257 g/mol. The van der Waals surface area contributed by atoms with Gasteiger partial charge in [0, 0.05) is 23.5 Å². The zero-order valence-corrected chi connectivity index (χ0v) is 11.6. The molecule has 0 aromatic heterocycles. The molecule has 0 unspecified atom stereocenters. The first-order valence-electron chi connectivity index (χ1n) is 6.67. The largest absolute Gasteiger partial charge is 0.290 e. The molecule has 0 amide bonds. The van der Waals surface area contributed by atoms with Crippen LogP contribution in [-0.4, -0.2) is 23.5 Å². The van der Waals surface area contributed by atoms with Crippen molar-refractivity contribution in [2.24, 2.45) is 0 Å². The summed E-state index contributed by atoms with van der Waals surface area (Å²) in [5, 5.41) is 0. The van der Waals surface area contributed by atoms with E-state index in [1.54, 1.807) is 0 Å².